The zero-order valence-corrected chi connectivity index (χ0v) is 11.3. The number of aliphatic hydroxyl groups is 1. The molecule has 1 aromatic carbocycles. The molecule has 1 aromatic heterocycles. The maximum atomic E-state index is 9.79. The number of thioether (sulfide) groups is 1. The van der Waals surface area contributed by atoms with Gasteiger partial charge in [-0.1, -0.05) is 30.3 Å². The van der Waals surface area contributed by atoms with Crippen molar-refractivity contribution in [2.45, 2.75) is 17.7 Å². The van der Waals surface area contributed by atoms with Crippen molar-refractivity contribution in [3.8, 4) is 0 Å². The molecule has 0 fully saturated rings. The van der Waals surface area contributed by atoms with E-state index in [1.807, 2.05) is 30.3 Å². The Hall–Kier alpha value is -1.43. The van der Waals surface area contributed by atoms with Gasteiger partial charge >= 0.3 is 0 Å². The van der Waals surface area contributed by atoms with Gasteiger partial charge < -0.3 is 9.84 Å². The van der Waals surface area contributed by atoms with Crippen LogP contribution in [0.4, 0.5) is 0 Å². The fourth-order valence-electron chi connectivity index (χ4n) is 1.48. The van der Waals surface area contributed by atoms with E-state index < -0.39 is 6.10 Å². The van der Waals surface area contributed by atoms with Gasteiger partial charge in [0.05, 0.1) is 25.5 Å². The summed E-state index contributed by atoms with van der Waals surface area (Å²) in [6.07, 6.45) is 4.45. The summed E-state index contributed by atoms with van der Waals surface area (Å²) in [5.74, 6) is 0.549. The predicted molar refractivity (Wildman–Crippen MR) is 74.9 cm³/mol. The summed E-state index contributed by atoms with van der Waals surface area (Å²) in [6, 6.07) is 9.91. The lowest BCUT2D eigenvalue weighted by molar-refractivity contribution is 0.0398. The lowest BCUT2D eigenvalue weighted by Crippen LogP contribution is -2.18. The van der Waals surface area contributed by atoms with E-state index in [1.165, 1.54) is 11.8 Å². The Morgan fingerprint density at radius 1 is 1.21 bits per heavy atom. The van der Waals surface area contributed by atoms with Crippen LogP contribution in [0, 0.1) is 0 Å². The molecule has 0 aliphatic rings. The number of benzene rings is 1. The molecule has 1 atom stereocenters. The summed E-state index contributed by atoms with van der Waals surface area (Å²) in [7, 11) is 0. The summed E-state index contributed by atoms with van der Waals surface area (Å²) in [6.45, 7) is 0.843. The number of hydrogen-bond donors (Lipinski definition) is 1. The lowest BCUT2D eigenvalue weighted by atomic mass is 10.2. The summed E-state index contributed by atoms with van der Waals surface area (Å²) >= 11 is 1.47. The lowest BCUT2D eigenvalue weighted by Gasteiger charge is -2.10. The van der Waals surface area contributed by atoms with Crippen molar-refractivity contribution in [2.24, 2.45) is 0 Å². The Kier molecular flexibility index (Phi) is 5.81. The number of aliphatic hydroxyl groups excluding tert-OH is 1. The predicted octanol–water partition coefficient (Wildman–Crippen LogP) is 2.15. The highest BCUT2D eigenvalue weighted by Crippen LogP contribution is 2.14. The molecule has 19 heavy (non-hydrogen) atoms. The highest BCUT2D eigenvalue weighted by atomic mass is 32.2. The number of rotatable bonds is 7. The first-order chi connectivity index (χ1) is 9.34. The van der Waals surface area contributed by atoms with E-state index in [0.29, 0.717) is 19.0 Å². The molecule has 0 spiro atoms. The molecule has 0 bridgehead atoms. The Morgan fingerprint density at radius 3 is 2.79 bits per heavy atom. The topological polar surface area (TPSA) is 55.2 Å². The molecule has 2 rings (SSSR count). The Morgan fingerprint density at radius 2 is 2.05 bits per heavy atom. The summed E-state index contributed by atoms with van der Waals surface area (Å²) in [4.78, 5) is 8.10. The molecule has 1 unspecified atom stereocenters. The number of aromatic nitrogens is 2. The van der Waals surface area contributed by atoms with Crippen molar-refractivity contribution in [3.63, 3.8) is 0 Å². The summed E-state index contributed by atoms with van der Waals surface area (Å²) in [5.41, 5.74) is 1.11. The van der Waals surface area contributed by atoms with Crippen molar-refractivity contribution in [1.82, 2.24) is 9.97 Å². The van der Waals surface area contributed by atoms with Crippen LogP contribution in [0.1, 0.15) is 5.56 Å². The molecule has 2 aromatic rings. The number of ether oxygens (including phenoxy) is 1. The van der Waals surface area contributed by atoms with Crippen LogP contribution in [-0.4, -0.2) is 33.5 Å². The van der Waals surface area contributed by atoms with Gasteiger partial charge in [-0.3, -0.25) is 4.98 Å². The van der Waals surface area contributed by atoms with Crippen molar-refractivity contribution in [2.75, 3.05) is 12.4 Å². The maximum absolute atomic E-state index is 9.79. The van der Waals surface area contributed by atoms with Crippen LogP contribution in [0.25, 0.3) is 0 Å². The SMILES string of the molecule is OC(COCc1ccccc1)CSc1cnccn1. The van der Waals surface area contributed by atoms with E-state index in [1.54, 1.807) is 18.6 Å². The van der Waals surface area contributed by atoms with Crippen LogP contribution in [0.5, 0.6) is 0 Å². The van der Waals surface area contributed by atoms with Crippen molar-refractivity contribution in [1.29, 1.82) is 0 Å². The zero-order chi connectivity index (χ0) is 13.3. The Balaban J connectivity index is 1.64. The summed E-state index contributed by atoms with van der Waals surface area (Å²) < 4.78 is 5.47. The van der Waals surface area contributed by atoms with E-state index in [9.17, 15) is 5.11 Å². The van der Waals surface area contributed by atoms with E-state index in [2.05, 4.69) is 9.97 Å². The normalized spacial score (nSPS) is 12.3. The first-order valence-electron chi connectivity index (χ1n) is 6.03. The molecule has 0 aliphatic heterocycles. The monoisotopic (exact) mass is 276 g/mol. The van der Waals surface area contributed by atoms with Gasteiger partial charge in [-0.25, -0.2) is 4.98 Å². The van der Waals surface area contributed by atoms with E-state index in [0.717, 1.165) is 10.6 Å². The van der Waals surface area contributed by atoms with Crippen LogP contribution < -0.4 is 0 Å². The molecule has 4 nitrogen and oxygen atoms in total. The molecular formula is C14H16N2O2S. The average Bonchev–Trinajstić information content (AvgIpc) is 2.47. The fraction of sp³-hybridized carbons (Fsp3) is 0.286. The molecule has 0 saturated carbocycles. The third kappa shape index (κ3) is 5.38. The van der Waals surface area contributed by atoms with Gasteiger partial charge in [0.2, 0.25) is 0 Å². The first-order valence-corrected chi connectivity index (χ1v) is 7.01. The zero-order valence-electron chi connectivity index (χ0n) is 10.5. The quantitative estimate of drug-likeness (QED) is 0.785. The Labute approximate surface area is 116 Å². The maximum Gasteiger partial charge on any atom is 0.114 e. The van der Waals surface area contributed by atoms with E-state index in [-0.39, 0.29) is 0 Å². The van der Waals surface area contributed by atoms with Gasteiger partial charge in [-0.2, -0.15) is 0 Å². The first kappa shape index (κ1) is 14.0. The molecular weight excluding hydrogens is 260 g/mol. The van der Waals surface area contributed by atoms with Gasteiger partial charge in [0.15, 0.2) is 0 Å². The van der Waals surface area contributed by atoms with Gasteiger partial charge in [0.1, 0.15) is 5.03 Å². The molecule has 5 heteroatoms. The average molecular weight is 276 g/mol. The number of hydrogen-bond acceptors (Lipinski definition) is 5. The van der Waals surface area contributed by atoms with Gasteiger partial charge in [-0.15, -0.1) is 11.8 Å². The van der Waals surface area contributed by atoms with Crippen LogP contribution in [-0.2, 0) is 11.3 Å². The highest BCUT2D eigenvalue weighted by molar-refractivity contribution is 7.99. The largest absolute Gasteiger partial charge is 0.390 e. The minimum Gasteiger partial charge on any atom is -0.390 e. The van der Waals surface area contributed by atoms with Gasteiger partial charge in [0, 0.05) is 18.1 Å². The smallest absolute Gasteiger partial charge is 0.114 e. The second-order valence-corrected chi connectivity index (χ2v) is 5.05. The van der Waals surface area contributed by atoms with Gasteiger partial charge in [0.25, 0.3) is 0 Å². The molecule has 0 amide bonds. The van der Waals surface area contributed by atoms with Crippen LogP contribution in [0.15, 0.2) is 53.9 Å². The second-order valence-electron chi connectivity index (χ2n) is 4.01. The van der Waals surface area contributed by atoms with E-state index in [4.69, 9.17) is 4.74 Å². The number of nitrogens with zero attached hydrogens (tertiary/aromatic N) is 2. The Bertz CT molecular complexity index is 467. The molecule has 100 valence electrons. The van der Waals surface area contributed by atoms with Gasteiger partial charge in [-0.05, 0) is 5.56 Å². The van der Waals surface area contributed by atoms with Crippen LogP contribution in [0.3, 0.4) is 0 Å². The van der Waals surface area contributed by atoms with Crippen LogP contribution in [0.2, 0.25) is 0 Å². The molecule has 0 saturated heterocycles. The van der Waals surface area contributed by atoms with E-state index >= 15 is 0 Å². The van der Waals surface area contributed by atoms with Crippen molar-refractivity contribution in [3.05, 3.63) is 54.5 Å². The van der Waals surface area contributed by atoms with Crippen molar-refractivity contribution < 1.29 is 9.84 Å². The third-order valence-electron chi connectivity index (χ3n) is 2.38. The highest BCUT2D eigenvalue weighted by Gasteiger charge is 2.06. The fourth-order valence-corrected chi connectivity index (χ4v) is 2.21. The molecule has 1 N–H and O–H groups in total. The van der Waals surface area contributed by atoms with Crippen molar-refractivity contribution >= 4 is 11.8 Å². The third-order valence-corrected chi connectivity index (χ3v) is 3.44. The molecule has 1 heterocycles. The minimum absolute atomic E-state index is 0.322. The molecule has 0 radical (unpaired) electrons. The summed E-state index contributed by atoms with van der Waals surface area (Å²) in [5, 5.41) is 10.6. The second kappa shape index (κ2) is 7.89. The van der Waals surface area contributed by atoms with Crippen LogP contribution >= 0.6 is 11.8 Å². The standard InChI is InChI=1S/C14H16N2O2S/c17-13(11-19-14-8-15-6-7-16-14)10-18-9-12-4-2-1-3-5-12/h1-8,13,17H,9-11H2. The molecule has 0 aliphatic carbocycles. The minimum atomic E-state index is -0.504.